The fourth-order valence-electron chi connectivity index (χ4n) is 4.03. The van der Waals surface area contributed by atoms with E-state index in [0.29, 0.717) is 11.6 Å². The Bertz CT molecular complexity index is 653. The lowest BCUT2D eigenvalue weighted by atomic mass is 9.79. The Morgan fingerprint density at radius 1 is 1.23 bits per heavy atom. The molecule has 2 fully saturated rings. The van der Waals surface area contributed by atoms with Gasteiger partial charge in [-0.1, -0.05) is 30.3 Å². The topological polar surface area (TPSA) is 46.5 Å². The number of carbonyl (C=O) groups excluding carboxylic acids is 1. The van der Waals surface area contributed by atoms with E-state index in [-0.39, 0.29) is 18.9 Å². The zero-order chi connectivity index (χ0) is 19.2. The summed E-state index contributed by atoms with van der Waals surface area (Å²) in [4.78, 5) is 12.9. The summed E-state index contributed by atoms with van der Waals surface area (Å²) in [6.07, 6.45) is 0.468. The van der Waals surface area contributed by atoms with Gasteiger partial charge in [-0.2, -0.15) is 0 Å². The van der Waals surface area contributed by atoms with Crippen LogP contribution in [-0.2, 0) is 15.1 Å². The van der Waals surface area contributed by atoms with Crippen LogP contribution in [0.15, 0.2) is 30.3 Å². The van der Waals surface area contributed by atoms with E-state index in [2.05, 4.69) is 21.1 Å². The molecule has 0 bridgehead atoms. The molecule has 0 amide bonds. The van der Waals surface area contributed by atoms with Crippen LogP contribution >= 0.6 is 0 Å². The minimum absolute atomic E-state index is 0.0969. The lowest BCUT2D eigenvalue weighted by Gasteiger charge is -2.44. The second-order valence-electron chi connectivity index (χ2n) is 8.70. The Morgan fingerprint density at radius 3 is 2.35 bits per heavy atom. The number of rotatable bonds is 5. The van der Waals surface area contributed by atoms with Gasteiger partial charge in [0.25, 0.3) is 0 Å². The van der Waals surface area contributed by atoms with E-state index in [1.54, 1.807) is 30.3 Å². The zero-order valence-corrected chi connectivity index (χ0v) is 15.6. The standard InChI is InChI=1S/C20H28F2NO3/c1-23(2,3)16-11-17(12-16)26-18(24)20(25,14-7-5-4-6-8-14)15-9-10-19(21,22)13-15/h4-8,15-17,25H,9-13H2,1-3H3/q+1/t15-,16?,17?,20+/m1/s1. The highest BCUT2D eigenvalue weighted by molar-refractivity contribution is 5.82. The number of carbonyl (C=O) groups is 1. The molecule has 0 heterocycles. The normalized spacial score (nSPS) is 30.3. The molecule has 1 N–H and O–H groups in total. The van der Waals surface area contributed by atoms with Gasteiger partial charge in [0.05, 0.1) is 27.2 Å². The molecule has 2 aliphatic rings. The number of ether oxygens (including phenoxy) is 1. The maximum atomic E-state index is 13.8. The molecule has 0 aliphatic heterocycles. The van der Waals surface area contributed by atoms with Gasteiger partial charge in [0.15, 0.2) is 5.60 Å². The predicted molar refractivity (Wildman–Crippen MR) is 93.6 cm³/mol. The lowest BCUT2D eigenvalue weighted by Crippen LogP contribution is -2.56. The van der Waals surface area contributed by atoms with Crippen LogP contribution in [0, 0.1) is 5.92 Å². The molecule has 4 nitrogen and oxygen atoms in total. The molecule has 1 aromatic rings. The first-order chi connectivity index (χ1) is 12.0. The second kappa shape index (κ2) is 6.57. The number of halogens is 2. The van der Waals surface area contributed by atoms with E-state index in [9.17, 15) is 18.7 Å². The monoisotopic (exact) mass is 368 g/mol. The molecule has 6 heteroatoms. The summed E-state index contributed by atoms with van der Waals surface area (Å²) in [5.41, 5.74) is -1.70. The van der Waals surface area contributed by atoms with Crippen LogP contribution in [-0.4, -0.2) is 54.8 Å². The Balaban J connectivity index is 1.77. The molecule has 0 spiro atoms. The molecule has 0 aromatic heterocycles. The van der Waals surface area contributed by atoms with Crippen molar-refractivity contribution >= 4 is 5.97 Å². The van der Waals surface area contributed by atoms with E-state index in [4.69, 9.17) is 4.74 Å². The third-order valence-electron chi connectivity index (χ3n) is 5.96. The van der Waals surface area contributed by atoms with Crippen LogP contribution in [0.4, 0.5) is 8.78 Å². The minimum atomic E-state index is -2.85. The fraction of sp³-hybridized carbons (Fsp3) is 0.650. The summed E-state index contributed by atoms with van der Waals surface area (Å²) < 4.78 is 33.9. The van der Waals surface area contributed by atoms with Crippen LogP contribution in [0.1, 0.15) is 37.7 Å². The number of hydrogen-bond acceptors (Lipinski definition) is 3. The van der Waals surface area contributed by atoms with Crippen LogP contribution in [0.25, 0.3) is 0 Å². The molecule has 0 radical (unpaired) electrons. The van der Waals surface area contributed by atoms with Gasteiger partial charge in [0, 0.05) is 31.6 Å². The van der Waals surface area contributed by atoms with Crippen molar-refractivity contribution in [2.75, 3.05) is 21.1 Å². The van der Waals surface area contributed by atoms with E-state index in [0.717, 1.165) is 17.3 Å². The minimum Gasteiger partial charge on any atom is -0.459 e. The number of hydrogen-bond donors (Lipinski definition) is 1. The van der Waals surface area contributed by atoms with Crippen molar-refractivity contribution in [1.29, 1.82) is 0 Å². The van der Waals surface area contributed by atoms with Crippen molar-refractivity contribution < 1.29 is 27.9 Å². The SMILES string of the molecule is C[N+](C)(C)C1CC(OC(=O)[C@](O)(c2ccccc2)[C@@H]2CCC(F)(F)C2)C1. The van der Waals surface area contributed by atoms with E-state index < -0.39 is 29.8 Å². The quantitative estimate of drug-likeness (QED) is 0.642. The van der Waals surface area contributed by atoms with Gasteiger partial charge in [0.2, 0.25) is 5.92 Å². The van der Waals surface area contributed by atoms with Crippen molar-refractivity contribution in [2.24, 2.45) is 5.92 Å². The largest absolute Gasteiger partial charge is 0.459 e. The van der Waals surface area contributed by atoms with Crippen LogP contribution in [0.5, 0.6) is 0 Å². The third-order valence-corrected chi connectivity index (χ3v) is 5.96. The molecular formula is C20H28F2NO3+. The number of alkyl halides is 2. The van der Waals surface area contributed by atoms with Crippen molar-refractivity contribution in [3.05, 3.63) is 35.9 Å². The fourth-order valence-corrected chi connectivity index (χ4v) is 4.03. The maximum Gasteiger partial charge on any atom is 0.343 e. The van der Waals surface area contributed by atoms with Gasteiger partial charge >= 0.3 is 5.97 Å². The molecular weight excluding hydrogens is 340 g/mol. The number of nitrogens with zero attached hydrogens (tertiary/aromatic N) is 1. The molecule has 1 aromatic carbocycles. The summed E-state index contributed by atoms with van der Waals surface area (Å²) in [5.74, 6) is -4.49. The molecule has 144 valence electrons. The highest BCUT2D eigenvalue weighted by atomic mass is 19.3. The lowest BCUT2D eigenvalue weighted by molar-refractivity contribution is -0.903. The smallest absolute Gasteiger partial charge is 0.343 e. The zero-order valence-electron chi connectivity index (χ0n) is 15.6. The third kappa shape index (κ3) is 3.62. The Labute approximate surface area is 153 Å². The average Bonchev–Trinajstić information content (AvgIpc) is 2.89. The molecule has 3 rings (SSSR count). The van der Waals surface area contributed by atoms with Crippen LogP contribution < -0.4 is 0 Å². The van der Waals surface area contributed by atoms with Crippen molar-refractivity contribution in [3.63, 3.8) is 0 Å². The van der Waals surface area contributed by atoms with Gasteiger partial charge in [-0.3, -0.25) is 0 Å². The highest BCUT2D eigenvalue weighted by Gasteiger charge is 2.55. The van der Waals surface area contributed by atoms with Gasteiger partial charge in [-0.05, 0) is 12.0 Å². The second-order valence-corrected chi connectivity index (χ2v) is 8.70. The Kier molecular flexibility index (Phi) is 4.86. The van der Waals surface area contributed by atoms with Gasteiger partial charge in [-0.25, -0.2) is 13.6 Å². The van der Waals surface area contributed by atoms with E-state index in [1.807, 2.05) is 0 Å². The summed E-state index contributed by atoms with van der Waals surface area (Å²) in [7, 11) is 6.26. The Hall–Kier alpha value is -1.53. The molecule has 2 saturated carbocycles. The summed E-state index contributed by atoms with van der Waals surface area (Å²) >= 11 is 0. The number of aliphatic hydroxyl groups is 1. The van der Waals surface area contributed by atoms with Crippen LogP contribution in [0.3, 0.4) is 0 Å². The molecule has 2 aliphatic carbocycles. The highest BCUT2D eigenvalue weighted by Crippen LogP contribution is 2.48. The molecule has 26 heavy (non-hydrogen) atoms. The van der Waals surface area contributed by atoms with Gasteiger partial charge in [-0.15, -0.1) is 0 Å². The van der Waals surface area contributed by atoms with Crippen molar-refractivity contribution in [1.82, 2.24) is 0 Å². The van der Waals surface area contributed by atoms with Crippen molar-refractivity contribution in [3.8, 4) is 0 Å². The molecule has 0 unspecified atom stereocenters. The molecule has 0 saturated heterocycles. The molecule has 2 atom stereocenters. The average molecular weight is 368 g/mol. The Morgan fingerprint density at radius 2 is 1.85 bits per heavy atom. The summed E-state index contributed by atoms with van der Waals surface area (Å²) in [6.45, 7) is 0. The summed E-state index contributed by atoms with van der Waals surface area (Å²) in [5, 5.41) is 11.3. The van der Waals surface area contributed by atoms with Gasteiger partial charge < -0.3 is 14.3 Å². The number of esters is 1. The van der Waals surface area contributed by atoms with E-state index in [1.165, 1.54) is 0 Å². The number of benzene rings is 1. The first kappa shape index (κ1) is 19.2. The van der Waals surface area contributed by atoms with E-state index >= 15 is 0 Å². The first-order valence-electron chi connectivity index (χ1n) is 9.20. The first-order valence-corrected chi connectivity index (χ1v) is 9.20. The van der Waals surface area contributed by atoms with Crippen LogP contribution in [0.2, 0.25) is 0 Å². The number of quaternary nitrogens is 1. The predicted octanol–water partition coefficient (Wildman–Crippen LogP) is 3.09. The summed E-state index contributed by atoms with van der Waals surface area (Å²) in [6, 6.07) is 8.75. The van der Waals surface area contributed by atoms with Crippen molar-refractivity contribution in [2.45, 2.75) is 55.8 Å². The maximum absolute atomic E-state index is 13.8. The van der Waals surface area contributed by atoms with Gasteiger partial charge in [0.1, 0.15) is 6.10 Å².